The van der Waals surface area contributed by atoms with Crippen LogP contribution >= 0.6 is 0 Å². The molecule has 1 N–H and O–H groups in total. The molecule has 0 aromatic carbocycles. The van der Waals surface area contributed by atoms with Gasteiger partial charge in [-0.1, -0.05) is 116 Å². The van der Waals surface area contributed by atoms with Crippen LogP contribution in [0.5, 0.6) is 0 Å². The van der Waals surface area contributed by atoms with E-state index < -0.39 is 0 Å². The van der Waals surface area contributed by atoms with E-state index in [1.165, 1.54) is 109 Å². The van der Waals surface area contributed by atoms with Crippen molar-refractivity contribution in [2.75, 3.05) is 6.61 Å². The summed E-state index contributed by atoms with van der Waals surface area (Å²) >= 11 is 0. The van der Waals surface area contributed by atoms with Crippen LogP contribution in [0.2, 0.25) is 0 Å². The average Bonchev–Trinajstić information content (AvgIpc) is 2.50. The number of aliphatic hydroxyl groups excluding tert-OH is 1. The van der Waals surface area contributed by atoms with Gasteiger partial charge in [-0.15, -0.1) is 0 Å². The number of rotatable bonds is 18. The SMILES string of the molecule is CCCCCCCCCCCCCCCCCCCCO.[MgH2]. The average molecular weight is 325 g/mol. The topological polar surface area (TPSA) is 20.2 Å². The van der Waals surface area contributed by atoms with Gasteiger partial charge in [-0.3, -0.25) is 0 Å². The number of hydrogen-bond donors (Lipinski definition) is 1. The molecule has 0 fully saturated rings. The Morgan fingerprint density at radius 3 is 0.864 bits per heavy atom. The van der Waals surface area contributed by atoms with Gasteiger partial charge in [0.15, 0.2) is 0 Å². The third-order valence-electron chi connectivity index (χ3n) is 4.51. The van der Waals surface area contributed by atoms with E-state index in [1.807, 2.05) is 0 Å². The molecular weight excluding hydrogens is 281 g/mol. The molecule has 0 bridgehead atoms. The van der Waals surface area contributed by atoms with Gasteiger partial charge in [0, 0.05) is 6.61 Å². The van der Waals surface area contributed by atoms with Crippen molar-refractivity contribution in [2.45, 2.75) is 122 Å². The minimum absolute atomic E-state index is 0. The van der Waals surface area contributed by atoms with Crippen LogP contribution in [0.3, 0.4) is 0 Å². The van der Waals surface area contributed by atoms with E-state index in [1.54, 1.807) is 0 Å². The smallest absolute Gasteiger partial charge is 0.316 e. The summed E-state index contributed by atoms with van der Waals surface area (Å²) in [4.78, 5) is 0. The van der Waals surface area contributed by atoms with Crippen molar-refractivity contribution < 1.29 is 5.11 Å². The molecule has 0 saturated heterocycles. The number of hydrogen-bond acceptors (Lipinski definition) is 1. The Hall–Kier alpha value is 0.726. The molecule has 132 valence electrons. The quantitative estimate of drug-likeness (QED) is 0.238. The molecule has 1 nitrogen and oxygen atoms in total. The summed E-state index contributed by atoms with van der Waals surface area (Å²) in [7, 11) is 0. The molecule has 0 unspecified atom stereocenters. The first-order chi connectivity index (χ1) is 10.4. The van der Waals surface area contributed by atoms with Crippen molar-refractivity contribution >= 4 is 23.1 Å². The summed E-state index contributed by atoms with van der Waals surface area (Å²) in [5, 5.41) is 8.69. The number of aliphatic hydroxyl groups is 1. The van der Waals surface area contributed by atoms with Gasteiger partial charge in [-0.25, -0.2) is 0 Å². The summed E-state index contributed by atoms with van der Waals surface area (Å²) < 4.78 is 0. The van der Waals surface area contributed by atoms with Crippen LogP contribution in [0.4, 0.5) is 0 Å². The van der Waals surface area contributed by atoms with Crippen LogP contribution in [0.25, 0.3) is 0 Å². The molecule has 0 radical (unpaired) electrons. The van der Waals surface area contributed by atoms with Gasteiger partial charge >= 0.3 is 23.1 Å². The summed E-state index contributed by atoms with van der Waals surface area (Å²) in [5.41, 5.74) is 0. The zero-order valence-corrected chi connectivity index (χ0v) is 14.9. The normalized spacial score (nSPS) is 10.6. The molecule has 0 rings (SSSR count). The highest BCUT2D eigenvalue weighted by Crippen LogP contribution is 2.14. The van der Waals surface area contributed by atoms with E-state index in [0.29, 0.717) is 6.61 Å². The Bertz CT molecular complexity index is 155. The molecule has 0 atom stereocenters. The molecule has 0 aliphatic rings. The maximum atomic E-state index is 8.69. The van der Waals surface area contributed by atoms with Gasteiger partial charge in [-0.2, -0.15) is 0 Å². The van der Waals surface area contributed by atoms with Gasteiger partial charge in [0.25, 0.3) is 0 Å². The highest BCUT2D eigenvalue weighted by molar-refractivity contribution is 5.75. The molecular formula is C20H44MgO. The summed E-state index contributed by atoms with van der Waals surface area (Å²) in [5.74, 6) is 0. The second kappa shape index (κ2) is 24.0. The summed E-state index contributed by atoms with van der Waals surface area (Å²) in [6.45, 7) is 2.66. The molecule has 0 amide bonds. The second-order valence-electron chi connectivity index (χ2n) is 6.73. The van der Waals surface area contributed by atoms with Crippen LogP contribution in [0, 0.1) is 0 Å². The predicted molar refractivity (Wildman–Crippen MR) is 104 cm³/mol. The lowest BCUT2D eigenvalue weighted by Crippen LogP contribution is -1.85. The first-order valence-corrected chi connectivity index (χ1v) is 10.0. The van der Waals surface area contributed by atoms with Crippen LogP contribution < -0.4 is 0 Å². The van der Waals surface area contributed by atoms with Gasteiger partial charge in [-0.05, 0) is 6.42 Å². The molecule has 0 aliphatic heterocycles. The zero-order chi connectivity index (χ0) is 15.4. The molecule has 2 heteroatoms. The highest BCUT2D eigenvalue weighted by atomic mass is 24.3. The fraction of sp³-hybridized carbons (Fsp3) is 1.00. The van der Waals surface area contributed by atoms with Crippen molar-refractivity contribution in [1.82, 2.24) is 0 Å². The number of unbranched alkanes of at least 4 members (excludes halogenated alkanes) is 17. The van der Waals surface area contributed by atoms with Gasteiger partial charge in [0.1, 0.15) is 0 Å². The fourth-order valence-electron chi connectivity index (χ4n) is 3.01. The maximum Gasteiger partial charge on any atom is 0.316 e. The standard InChI is InChI=1S/C20H42O.Mg.2H/c1-2-3-4-5-6-7-8-9-10-11-12-13-14-15-16-17-18-19-20-21;;;/h21H,2-20H2,1H3;;;. The van der Waals surface area contributed by atoms with Crippen LogP contribution in [0.1, 0.15) is 122 Å². The first kappa shape index (κ1) is 25.0. The van der Waals surface area contributed by atoms with Gasteiger partial charge in [0.05, 0.1) is 0 Å². The van der Waals surface area contributed by atoms with Crippen molar-refractivity contribution in [3.8, 4) is 0 Å². The first-order valence-electron chi connectivity index (χ1n) is 10.0. The Morgan fingerprint density at radius 2 is 0.636 bits per heavy atom. The molecule has 0 aromatic rings. The van der Waals surface area contributed by atoms with Crippen molar-refractivity contribution in [2.24, 2.45) is 0 Å². The minimum atomic E-state index is 0. The molecule has 0 heterocycles. The summed E-state index contributed by atoms with van der Waals surface area (Å²) in [6, 6.07) is 0. The minimum Gasteiger partial charge on any atom is -0.396 e. The van der Waals surface area contributed by atoms with E-state index in [2.05, 4.69) is 6.92 Å². The molecule has 0 spiro atoms. The predicted octanol–water partition coefficient (Wildman–Crippen LogP) is 6.10. The van der Waals surface area contributed by atoms with Crippen molar-refractivity contribution in [1.29, 1.82) is 0 Å². The van der Waals surface area contributed by atoms with E-state index in [9.17, 15) is 0 Å². The molecule has 0 aromatic heterocycles. The van der Waals surface area contributed by atoms with E-state index in [4.69, 9.17) is 5.11 Å². The Balaban J connectivity index is 0. The monoisotopic (exact) mass is 324 g/mol. The van der Waals surface area contributed by atoms with Gasteiger partial charge < -0.3 is 5.11 Å². The Kier molecular flexibility index (Phi) is 27.2. The van der Waals surface area contributed by atoms with Crippen LogP contribution in [-0.2, 0) is 0 Å². The van der Waals surface area contributed by atoms with Crippen LogP contribution in [-0.4, -0.2) is 34.8 Å². The summed E-state index contributed by atoms with van der Waals surface area (Å²) in [6.07, 6.45) is 25.1. The Labute approximate surface area is 157 Å². The van der Waals surface area contributed by atoms with Crippen molar-refractivity contribution in [3.63, 3.8) is 0 Å². The van der Waals surface area contributed by atoms with Gasteiger partial charge in [0.2, 0.25) is 0 Å². The van der Waals surface area contributed by atoms with E-state index in [0.717, 1.165) is 6.42 Å². The third kappa shape index (κ3) is 23.0. The fourth-order valence-corrected chi connectivity index (χ4v) is 3.01. The lowest BCUT2D eigenvalue weighted by molar-refractivity contribution is 0.282. The third-order valence-corrected chi connectivity index (χ3v) is 4.51. The van der Waals surface area contributed by atoms with Crippen LogP contribution in [0.15, 0.2) is 0 Å². The second-order valence-corrected chi connectivity index (χ2v) is 6.73. The van der Waals surface area contributed by atoms with E-state index in [-0.39, 0.29) is 23.1 Å². The lowest BCUT2D eigenvalue weighted by atomic mass is 10.0. The molecule has 0 saturated carbocycles. The maximum absolute atomic E-state index is 8.69. The van der Waals surface area contributed by atoms with Crippen molar-refractivity contribution in [3.05, 3.63) is 0 Å². The highest BCUT2D eigenvalue weighted by Gasteiger charge is 1.94. The molecule has 0 aliphatic carbocycles. The Morgan fingerprint density at radius 1 is 0.409 bits per heavy atom. The van der Waals surface area contributed by atoms with E-state index >= 15 is 0 Å². The zero-order valence-electron chi connectivity index (χ0n) is 14.9. The lowest BCUT2D eigenvalue weighted by Gasteiger charge is -2.03. The largest absolute Gasteiger partial charge is 0.396 e. The molecule has 22 heavy (non-hydrogen) atoms.